The minimum Gasteiger partial charge on any atom is -0.478 e. The normalized spacial score (nSPS) is 10.2. The molecule has 0 aliphatic heterocycles. The van der Waals surface area contributed by atoms with Gasteiger partial charge in [-0.15, -0.1) is 0 Å². The van der Waals surface area contributed by atoms with Gasteiger partial charge >= 0.3 is 5.97 Å². The van der Waals surface area contributed by atoms with E-state index >= 15 is 0 Å². The van der Waals surface area contributed by atoms with Crippen LogP contribution < -0.4 is 0 Å². The van der Waals surface area contributed by atoms with E-state index in [0.29, 0.717) is 0 Å². The first-order chi connectivity index (χ1) is 7.16. The summed E-state index contributed by atoms with van der Waals surface area (Å²) in [4.78, 5) is 10.6. The molecule has 0 radical (unpaired) electrons. The van der Waals surface area contributed by atoms with E-state index in [1.165, 1.54) is 0 Å². The molecule has 15 heavy (non-hydrogen) atoms. The van der Waals surface area contributed by atoms with Crippen LogP contribution in [0.1, 0.15) is 10.4 Å². The lowest BCUT2D eigenvalue weighted by Gasteiger charge is -1.97. The van der Waals surface area contributed by atoms with Crippen molar-refractivity contribution in [3.63, 3.8) is 0 Å². The number of carboxylic acids is 1. The molecular formula is C11H7IO3. The average molecular weight is 314 g/mol. The van der Waals surface area contributed by atoms with Gasteiger partial charge in [-0.2, -0.15) is 0 Å². The first kappa shape index (κ1) is 10.2. The summed E-state index contributed by atoms with van der Waals surface area (Å²) in [6.45, 7) is 0. The molecule has 0 atom stereocenters. The third-order valence-electron chi connectivity index (χ3n) is 1.99. The third kappa shape index (κ3) is 2.20. The van der Waals surface area contributed by atoms with Gasteiger partial charge in [0.15, 0.2) is 3.77 Å². The summed E-state index contributed by atoms with van der Waals surface area (Å²) in [6.07, 6.45) is 0. The van der Waals surface area contributed by atoms with Crippen molar-refractivity contribution < 1.29 is 14.3 Å². The van der Waals surface area contributed by atoms with E-state index in [1.54, 1.807) is 24.3 Å². The van der Waals surface area contributed by atoms with Crippen LogP contribution in [0.25, 0.3) is 11.3 Å². The van der Waals surface area contributed by atoms with Crippen LogP contribution in [0.5, 0.6) is 0 Å². The summed E-state index contributed by atoms with van der Waals surface area (Å²) in [5, 5.41) is 8.73. The van der Waals surface area contributed by atoms with Crippen molar-refractivity contribution in [2.75, 3.05) is 0 Å². The fraction of sp³-hybridized carbons (Fsp3) is 0. The number of hydrogen-bond donors (Lipinski definition) is 1. The quantitative estimate of drug-likeness (QED) is 0.866. The summed E-state index contributed by atoms with van der Waals surface area (Å²) >= 11 is 2.08. The van der Waals surface area contributed by atoms with Gasteiger partial charge in [-0.25, -0.2) is 4.79 Å². The fourth-order valence-corrected chi connectivity index (χ4v) is 1.66. The van der Waals surface area contributed by atoms with Crippen molar-refractivity contribution in [3.05, 3.63) is 45.7 Å². The van der Waals surface area contributed by atoms with Gasteiger partial charge in [-0.1, -0.05) is 12.1 Å². The Morgan fingerprint density at radius 2 is 1.80 bits per heavy atom. The molecule has 0 saturated carbocycles. The molecule has 3 nitrogen and oxygen atoms in total. The molecule has 0 fully saturated rings. The van der Waals surface area contributed by atoms with Crippen LogP contribution >= 0.6 is 22.6 Å². The molecular weight excluding hydrogens is 307 g/mol. The van der Waals surface area contributed by atoms with Gasteiger partial charge in [0.05, 0.1) is 5.56 Å². The molecule has 1 N–H and O–H groups in total. The summed E-state index contributed by atoms with van der Waals surface area (Å²) in [7, 11) is 0. The SMILES string of the molecule is O=C(O)c1ccc(-c2ccc(I)o2)cc1. The molecule has 0 amide bonds. The molecule has 4 heteroatoms. The molecule has 0 aliphatic rings. The molecule has 76 valence electrons. The lowest BCUT2D eigenvalue weighted by molar-refractivity contribution is 0.0697. The van der Waals surface area contributed by atoms with Crippen LogP contribution in [0.2, 0.25) is 0 Å². The van der Waals surface area contributed by atoms with Crippen LogP contribution in [-0.2, 0) is 0 Å². The molecule has 1 aromatic heterocycles. The van der Waals surface area contributed by atoms with Crippen molar-refractivity contribution in [2.24, 2.45) is 0 Å². The maximum absolute atomic E-state index is 10.6. The maximum Gasteiger partial charge on any atom is 0.335 e. The van der Waals surface area contributed by atoms with Crippen LogP contribution in [0.3, 0.4) is 0 Å². The molecule has 0 bridgehead atoms. The van der Waals surface area contributed by atoms with Crippen molar-refractivity contribution in [1.29, 1.82) is 0 Å². The number of hydrogen-bond acceptors (Lipinski definition) is 2. The molecule has 2 aromatic rings. The van der Waals surface area contributed by atoms with Gasteiger partial charge in [0, 0.05) is 5.56 Å². The topological polar surface area (TPSA) is 50.4 Å². The number of carboxylic acid groups (broad SMARTS) is 1. The number of furan rings is 1. The first-order valence-electron chi connectivity index (χ1n) is 4.26. The lowest BCUT2D eigenvalue weighted by atomic mass is 10.1. The molecule has 1 aromatic carbocycles. The molecule has 0 unspecified atom stereocenters. The monoisotopic (exact) mass is 314 g/mol. The van der Waals surface area contributed by atoms with Crippen molar-refractivity contribution >= 4 is 28.6 Å². The van der Waals surface area contributed by atoms with E-state index in [2.05, 4.69) is 22.6 Å². The number of halogens is 1. The second-order valence-corrected chi connectivity index (χ2v) is 4.05. The number of rotatable bonds is 2. The van der Waals surface area contributed by atoms with Gasteiger partial charge in [0.25, 0.3) is 0 Å². The van der Waals surface area contributed by atoms with E-state index in [9.17, 15) is 4.79 Å². The summed E-state index contributed by atoms with van der Waals surface area (Å²) in [6, 6.07) is 10.3. The standard InChI is InChI=1S/C11H7IO3/c12-10-6-5-9(15-10)7-1-3-8(4-2-7)11(13)14/h1-6H,(H,13,14). The predicted molar refractivity (Wildman–Crippen MR) is 63.8 cm³/mol. The maximum atomic E-state index is 10.6. The third-order valence-corrected chi connectivity index (χ3v) is 2.57. The number of aromatic carboxylic acids is 1. The minimum atomic E-state index is -0.921. The highest BCUT2D eigenvalue weighted by atomic mass is 127. The highest BCUT2D eigenvalue weighted by Crippen LogP contribution is 2.23. The minimum absolute atomic E-state index is 0.278. The number of benzene rings is 1. The van der Waals surface area contributed by atoms with Crippen molar-refractivity contribution in [1.82, 2.24) is 0 Å². The number of carbonyl (C=O) groups is 1. The van der Waals surface area contributed by atoms with Crippen LogP contribution in [0.15, 0.2) is 40.8 Å². The Labute approximate surface area is 99.9 Å². The molecule has 0 aliphatic carbocycles. The van der Waals surface area contributed by atoms with E-state index < -0.39 is 5.97 Å². The van der Waals surface area contributed by atoms with Gasteiger partial charge in [0.1, 0.15) is 5.76 Å². The summed E-state index contributed by atoms with van der Waals surface area (Å²) < 4.78 is 6.22. The van der Waals surface area contributed by atoms with Gasteiger partial charge in [-0.3, -0.25) is 0 Å². The first-order valence-corrected chi connectivity index (χ1v) is 5.34. The van der Waals surface area contributed by atoms with Crippen molar-refractivity contribution in [2.45, 2.75) is 0 Å². The second-order valence-electron chi connectivity index (χ2n) is 2.99. The van der Waals surface area contributed by atoms with Gasteiger partial charge < -0.3 is 9.52 Å². The Morgan fingerprint density at radius 1 is 1.13 bits per heavy atom. The van der Waals surface area contributed by atoms with Crippen LogP contribution in [0, 0.1) is 3.77 Å². The zero-order valence-electron chi connectivity index (χ0n) is 7.61. The smallest absolute Gasteiger partial charge is 0.335 e. The second kappa shape index (κ2) is 4.06. The molecule has 2 rings (SSSR count). The van der Waals surface area contributed by atoms with Crippen molar-refractivity contribution in [3.8, 4) is 11.3 Å². The average Bonchev–Trinajstić information content (AvgIpc) is 2.65. The predicted octanol–water partition coefficient (Wildman–Crippen LogP) is 3.25. The Balaban J connectivity index is 2.35. The summed E-state index contributed by atoms with van der Waals surface area (Å²) in [5.74, 6) is -0.174. The van der Waals surface area contributed by atoms with Gasteiger partial charge in [0.2, 0.25) is 0 Å². The molecule has 0 saturated heterocycles. The van der Waals surface area contributed by atoms with E-state index in [1.807, 2.05) is 12.1 Å². The van der Waals surface area contributed by atoms with Crippen LogP contribution in [-0.4, -0.2) is 11.1 Å². The van der Waals surface area contributed by atoms with E-state index in [4.69, 9.17) is 9.52 Å². The van der Waals surface area contributed by atoms with E-state index in [0.717, 1.165) is 15.1 Å². The Morgan fingerprint density at radius 3 is 2.27 bits per heavy atom. The fourth-order valence-electron chi connectivity index (χ4n) is 1.25. The molecule has 1 heterocycles. The Kier molecular flexibility index (Phi) is 2.77. The van der Waals surface area contributed by atoms with E-state index in [-0.39, 0.29) is 5.56 Å². The highest BCUT2D eigenvalue weighted by Gasteiger charge is 2.05. The van der Waals surface area contributed by atoms with Gasteiger partial charge in [-0.05, 0) is 46.9 Å². The highest BCUT2D eigenvalue weighted by molar-refractivity contribution is 14.1. The summed E-state index contributed by atoms with van der Waals surface area (Å²) in [5.41, 5.74) is 1.16. The Bertz CT molecular complexity index is 485. The Hall–Kier alpha value is -1.30. The zero-order valence-corrected chi connectivity index (χ0v) is 9.76. The zero-order chi connectivity index (χ0) is 10.8. The molecule has 0 spiro atoms. The van der Waals surface area contributed by atoms with Crippen LogP contribution in [0.4, 0.5) is 0 Å². The largest absolute Gasteiger partial charge is 0.478 e. The lowest BCUT2D eigenvalue weighted by Crippen LogP contribution is -1.94.